The Morgan fingerprint density at radius 3 is 2.35 bits per heavy atom. The lowest BCUT2D eigenvalue weighted by Gasteiger charge is -2.11. The first kappa shape index (κ1) is 20.9. The fourth-order valence-electron chi connectivity index (χ4n) is 3.28. The number of nitrogens with one attached hydrogen (secondary N) is 2. The normalized spacial score (nSPS) is 11.4. The highest BCUT2D eigenvalue weighted by Crippen LogP contribution is 2.22. The topological polar surface area (TPSA) is 67.4 Å². The van der Waals surface area contributed by atoms with Crippen LogP contribution in [0, 0.1) is 0 Å². The van der Waals surface area contributed by atoms with Crippen molar-refractivity contribution < 1.29 is 13.2 Å². The Balaban J connectivity index is 1.35. The van der Waals surface area contributed by atoms with Crippen LogP contribution >= 0.6 is 0 Å². The van der Waals surface area contributed by atoms with Gasteiger partial charge < -0.3 is 10.1 Å². The van der Waals surface area contributed by atoms with E-state index in [0.29, 0.717) is 25.4 Å². The van der Waals surface area contributed by atoms with Gasteiger partial charge in [-0.05, 0) is 52.7 Å². The molecular formula is C25H24N2O3S. The number of hydrogen-bond donors (Lipinski definition) is 2. The van der Waals surface area contributed by atoms with Crippen LogP contribution < -0.4 is 14.8 Å². The second-order valence-corrected chi connectivity index (χ2v) is 8.84. The van der Waals surface area contributed by atoms with Crippen molar-refractivity contribution in [3.63, 3.8) is 0 Å². The van der Waals surface area contributed by atoms with Crippen LogP contribution in [0.5, 0.6) is 5.75 Å². The van der Waals surface area contributed by atoms with Gasteiger partial charge in [0.15, 0.2) is 0 Å². The third-order valence-corrected chi connectivity index (χ3v) is 6.21. The Kier molecular flexibility index (Phi) is 6.50. The van der Waals surface area contributed by atoms with Crippen LogP contribution in [0.3, 0.4) is 0 Å². The molecule has 6 heteroatoms. The number of ether oxygens (including phenoxy) is 1. The third kappa shape index (κ3) is 5.63. The second kappa shape index (κ2) is 9.64. The van der Waals surface area contributed by atoms with Crippen LogP contribution in [0.4, 0.5) is 5.69 Å². The van der Waals surface area contributed by atoms with E-state index < -0.39 is 10.0 Å². The lowest BCUT2D eigenvalue weighted by atomic mass is 10.1. The summed E-state index contributed by atoms with van der Waals surface area (Å²) >= 11 is 0. The van der Waals surface area contributed by atoms with Gasteiger partial charge in [-0.3, -0.25) is 4.72 Å². The van der Waals surface area contributed by atoms with Crippen molar-refractivity contribution in [2.24, 2.45) is 0 Å². The van der Waals surface area contributed by atoms with E-state index in [0.717, 1.165) is 22.1 Å². The molecule has 31 heavy (non-hydrogen) atoms. The van der Waals surface area contributed by atoms with Gasteiger partial charge in [-0.2, -0.15) is 0 Å². The van der Waals surface area contributed by atoms with Crippen molar-refractivity contribution in [2.75, 3.05) is 17.9 Å². The number of para-hydroxylation sites is 1. The minimum Gasteiger partial charge on any atom is -0.492 e. The standard InChI is InChI=1S/C25H24N2O3S/c28-31(29,25-14-13-21-8-4-5-9-22(21)18-25)27-23-10-6-7-20(17-23)19-26-15-16-30-24-11-2-1-3-12-24/h1-14,17-18,26-27H,15-16,19H2. The fraction of sp³-hybridized carbons (Fsp3) is 0.120. The zero-order valence-corrected chi connectivity index (χ0v) is 17.8. The summed E-state index contributed by atoms with van der Waals surface area (Å²) in [6.45, 7) is 1.85. The number of rotatable bonds is 9. The molecule has 0 saturated carbocycles. The zero-order valence-electron chi connectivity index (χ0n) is 17.0. The predicted octanol–water partition coefficient (Wildman–Crippen LogP) is 4.81. The van der Waals surface area contributed by atoms with E-state index >= 15 is 0 Å². The summed E-state index contributed by atoms with van der Waals surface area (Å²) in [4.78, 5) is 0.243. The Labute approximate surface area is 182 Å². The van der Waals surface area contributed by atoms with Gasteiger partial charge in [0.05, 0.1) is 4.90 Å². The molecule has 0 fully saturated rings. The van der Waals surface area contributed by atoms with Gasteiger partial charge in [0.1, 0.15) is 12.4 Å². The van der Waals surface area contributed by atoms with E-state index in [9.17, 15) is 8.42 Å². The van der Waals surface area contributed by atoms with Crippen molar-refractivity contribution in [1.29, 1.82) is 0 Å². The molecule has 0 saturated heterocycles. The zero-order chi connectivity index (χ0) is 21.5. The minimum atomic E-state index is -3.67. The lowest BCUT2D eigenvalue weighted by molar-refractivity contribution is 0.313. The van der Waals surface area contributed by atoms with Crippen molar-refractivity contribution in [3.05, 3.63) is 103 Å². The molecule has 0 unspecified atom stereocenters. The van der Waals surface area contributed by atoms with E-state index in [2.05, 4.69) is 10.0 Å². The van der Waals surface area contributed by atoms with Gasteiger partial charge in [0, 0.05) is 18.8 Å². The molecule has 2 N–H and O–H groups in total. The summed E-state index contributed by atoms with van der Waals surface area (Å²) in [6, 6.07) is 29.9. The van der Waals surface area contributed by atoms with Crippen LogP contribution in [0.2, 0.25) is 0 Å². The molecule has 0 amide bonds. The van der Waals surface area contributed by atoms with Gasteiger partial charge >= 0.3 is 0 Å². The van der Waals surface area contributed by atoms with Crippen LogP contribution in [-0.2, 0) is 16.6 Å². The predicted molar refractivity (Wildman–Crippen MR) is 125 cm³/mol. The highest BCUT2D eigenvalue weighted by Gasteiger charge is 2.14. The van der Waals surface area contributed by atoms with Gasteiger partial charge in [-0.25, -0.2) is 8.42 Å². The number of hydrogen-bond acceptors (Lipinski definition) is 4. The largest absolute Gasteiger partial charge is 0.492 e. The van der Waals surface area contributed by atoms with E-state index in [4.69, 9.17) is 4.74 Å². The van der Waals surface area contributed by atoms with Crippen molar-refractivity contribution >= 4 is 26.5 Å². The molecule has 5 nitrogen and oxygen atoms in total. The van der Waals surface area contributed by atoms with Gasteiger partial charge in [-0.1, -0.05) is 60.7 Å². The maximum absolute atomic E-state index is 12.8. The van der Waals surface area contributed by atoms with Gasteiger partial charge in [0.25, 0.3) is 10.0 Å². The first-order valence-corrected chi connectivity index (χ1v) is 11.6. The molecule has 158 valence electrons. The molecular weight excluding hydrogens is 408 g/mol. The molecule has 0 heterocycles. The fourth-order valence-corrected chi connectivity index (χ4v) is 4.37. The summed E-state index contributed by atoms with van der Waals surface area (Å²) in [5.41, 5.74) is 1.52. The van der Waals surface area contributed by atoms with Crippen LogP contribution in [0.15, 0.2) is 102 Å². The maximum atomic E-state index is 12.8. The van der Waals surface area contributed by atoms with E-state index in [1.165, 1.54) is 0 Å². The van der Waals surface area contributed by atoms with E-state index in [1.807, 2.05) is 78.9 Å². The van der Waals surface area contributed by atoms with Crippen LogP contribution in [0.1, 0.15) is 5.56 Å². The average Bonchev–Trinajstić information content (AvgIpc) is 2.79. The molecule has 0 bridgehead atoms. The Hall–Kier alpha value is -3.35. The molecule has 0 aliphatic rings. The summed E-state index contributed by atoms with van der Waals surface area (Å²) in [6.07, 6.45) is 0. The molecule has 0 spiro atoms. The Morgan fingerprint density at radius 1 is 0.742 bits per heavy atom. The summed E-state index contributed by atoms with van der Waals surface area (Å²) in [7, 11) is -3.67. The van der Waals surface area contributed by atoms with Gasteiger partial charge in [0.2, 0.25) is 0 Å². The molecule has 0 radical (unpaired) electrons. The quantitative estimate of drug-likeness (QED) is 0.373. The first-order valence-electron chi connectivity index (χ1n) is 10.1. The van der Waals surface area contributed by atoms with E-state index in [1.54, 1.807) is 18.2 Å². The number of anilines is 1. The SMILES string of the molecule is O=S(=O)(Nc1cccc(CNCCOc2ccccc2)c1)c1ccc2ccccc2c1. The first-order chi connectivity index (χ1) is 15.1. The minimum absolute atomic E-state index is 0.243. The lowest BCUT2D eigenvalue weighted by Crippen LogP contribution is -2.20. The number of sulfonamides is 1. The van der Waals surface area contributed by atoms with Crippen molar-refractivity contribution in [2.45, 2.75) is 11.4 Å². The maximum Gasteiger partial charge on any atom is 0.261 e. The molecule has 4 aromatic rings. The van der Waals surface area contributed by atoms with Crippen molar-refractivity contribution in [3.8, 4) is 5.75 Å². The summed E-state index contributed by atoms with van der Waals surface area (Å²) < 4.78 is 34.0. The highest BCUT2D eigenvalue weighted by atomic mass is 32.2. The average molecular weight is 433 g/mol. The Morgan fingerprint density at radius 2 is 1.52 bits per heavy atom. The third-order valence-electron chi connectivity index (χ3n) is 4.83. The number of fused-ring (bicyclic) bond motifs is 1. The second-order valence-electron chi connectivity index (χ2n) is 7.15. The molecule has 0 aromatic heterocycles. The van der Waals surface area contributed by atoms with Crippen molar-refractivity contribution in [1.82, 2.24) is 5.32 Å². The summed E-state index contributed by atoms with van der Waals surface area (Å²) in [5.74, 6) is 0.842. The molecule has 0 aliphatic carbocycles. The van der Waals surface area contributed by atoms with E-state index in [-0.39, 0.29) is 4.90 Å². The van der Waals surface area contributed by atoms with Crippen LogP contribution in [0.25, 0.3) is 10.8 Å². The molecule has 0 atom stereocenters. The van der Waals surface area contributed by atoms with Gasteiger partial charge in [-0.15, -0.1) is 0 Å². The number of benzene rings is 4. The Bertz CT molecular complexity index is 1260. The molecule has 0 aliphatic heterocycles. The molecule has 4 rings (SSSR count). The smallest absolute Gasteiger partial charge is 0.261 e. The highest BCUT2D eigenvalue weighted by molar-refractivity contribution is 7.92. The monoisotopic (exact) mass is 432 g/mol. The van der Waals surface area contributed by atoms with Crippen LogP contribution in [-0.4, -0.2) is 21.6 Å². The molecule has 4 aromatic carbocycles. The summed E-state index contributed by atoms with van der Waals surface area (Å²) in [5, 5.41) is 5.21.